The van der Waals surface area contributed by atoms with Crippen LogP contribution in [0.3, 0.4) is 0 Å². The summed E-state index contributed by atoms with van der Waals surface area (Å²) in [5.74, 6) is -0.131. The number of hydrogen-bond donors (Lipinski definition) is 2. The van der Waals surface area contributed by atoms with Crippen molar-refractivity contribution in [1.29, 1.82) is 0 Å². The number of pyridine rings is 1. The summed E-state index contributed by atoms with van der Waals surface area (Å²) >= 11 is 0. The van der Waals surface area contributed by atoms with Crippen molar-refractivity contribution in [2.24, 2.45) is 5.92 Å². The molecule has 0 unspecified atom stereocenters. The first-order valence-corrected chi connectivity index (χ1v) is 9.05. The van der Waals surface area contributed by atoms with Gasteiger partial charge in [-0.1, -0.05) is 4.91 Å². The fourth-order valence-corrected chi connectivity index (χ4v) is 3.04. The summed E-state index contributed by atoms with van der Waals surface area (Å²) in [5, 5.41) is 8.39. The summed E-state index contributed by atoms with van der Waals surface area (Å²) in [4.78, 5) is 28.5. The Kier molecular flexibility index (Phi) is 4.59. The highest BCUT2D eigenvalue weighted by Gasteiger charge is 2.30. The summed E-state index contributed by atoms with van der Waals surface area (Å²) in [7, 11) is 0. The van der Waals surface area contributed by atoms with Crippen LogP contribution in [0.5, 0.6) is 0 Å². The van der Waals surface area contributed by atoms with Crippen molar-refractivity contribution in [3.05, 3.63) is 40.7 Å². The third-order valence-electron chi connectivity index (χ3n) is 4.77. The smallest absolute Gasteiger partial charge is 0.342 e. The van der Waals surface area contributed by atoms with Crippen LogP contribution in [0.1, 0.15) is 28.9 Å². The third kappa shape index (κ3) is 4.13. The Balaban J connectivity index is 1.57. The molecule has 0 atom stereocenters. The number of fused-ring (bicyclic) bond motifs is 1. The van der Waals surface area contributed by atoms with E-state index in [9.17, 15) is 22.9 Å². The van der Waals surface area contributed by atoms with E-state index in [2.05, 4.69) is 15.2 Å². The largest absolute Gasteiger partial charge is 0.405 e. The minimum Gasteiger partial charge on any atom is -0.342 e. The first-order chi connectivity index (χ1) is 13.7. The zero-order valence-electron chi connectivity index (χ0n) is 15.5. The second kappa shape index (κ2) is 6.98. The van der Waals surface area contributed by atoms with E-state index in [1.807, 2.05) is 5.32 Å². The molecule has 1 aliphatic carbocycles. The third-order valence-corrected chi connectivity index (χ3v) is 4.77. The minimum atomic E-state index is -4.49. The Morgan fingerprint density at radius 1 is 1.34 bits per heavy atom. The zero-order valence-corrected chi connectivity index (χ0v) is 15.5. The highest BCUT2D eigenvalue weighted by molar-refractivity contribution is 5.95. The van der Waals surface area contributed by atoms with Crippen LogP contribution in [0.4, 0.5) is 19.0 Å². The van der Waals surface area contributed by atoms with Crippen molar-refractivity contribution in [3.8, 4) is 11.3 Å². The van der Waals surface area contributed by atoms with E-state index in [0.717, 1.165) is 17.6 Å². The molecular weight excluding hydrogens is 389 g/mol. The SMILES string of the molecule is Cc1c(-c2ccc3nc([N+](=O)CC4CC4)cn3c2)n[nH]c1C(=O)NCC(F)(F)F. The molecule has 29 heavy (non-hydrogen) atoms. The Hall–Kier alpha value is -3.24. The molecular formula is C18H18F3N6O2+. The Labute approximate surface area is 162 Å². The van der Waals surface area contributed by atoms with E-state index in [0.29, 0.717) is 40.7 Å². The molecule has 0 aliphatic heterocycles. The van der Waals surface area contributed by atoms with Crippen LogP contribution in [0, 0.1) is 17.7 Å². The molecule has 0 saturated heterocycles. The number of carbonyl (C=O) groups excluding carboxylic acids is 1. The van der Waals surface area contributed by atoms with Gasteiger partial charge in [0.15, 0.2) is 0 Å². The molecule has 1 fully saturated rings. The maximum Gasteiger partial charge on any atom is 0.405 e. The Bertz CT molecular complexity index is 1100. The Morgan fingerprint density at radius 2 is 2.10 bits per heavy atom. The van der Waals surface area contributed by atoms with Gasteiger partial charge in [-0.15, -0.1) is 0 Å². The number of alkyl halides is 3. The van der Waals surface area contributed by atoms with Gasteiger partial charge < -0.3 is 5.32 Å². The van der Waals surface area contributed by atoms with Crippen LogP contribution >= 0.6 is 0 Å². The van der Waals surface area contributed by atoms with Crippen LogP contribution in [-0.4, -0.2) is 49.5 Å². The topological polar surface area (TPSA) is 95.2 Å². The highest BCUT2D eigenvalue weighted by Crippen LogP contribution is 2.30. The number of rotatable bonds is 6. The van der Waals surface area contributed by atoms with Crippen molar-refractivity contribution in [1.82, 2.24) is 24.9 Å². The van der Waals surface area contributed by atoms with Gasteiger partial charge in [0, 0.05) is 29.3 Å². The number of nitrogens with zero attached hydrogens (tertiary/aromatic N) is 4. The van der Waals surface area contributed by atoms with Crippen molar-refractivity contribution in [2.45, 2.75) is 25.9 Å². The number of halogens is 3. The van der Waals surface area contributed by atoms with E-state index < -0.39 is 18.6 Å². The van der Waals surface area contributed by atoms with Gasteiger partial charge in [0.05, 0.1) is 5.69 Å². The van der Waals surface area contributed by atoms with Gasteiger partial charge in [-0.25, -0.2) is 0 Å². The van der Waals surface area contributed by atoms with Gasteiger partial charge in [0.1, 0.15) is 25.0 Å². The molecule has 11 heteroatoms. The number of imidazole rings is 1. The van der Waals surface area contributed by atoms with Crippen LogP contribution in [-0.2, 0) is 0 Å². The first kappa shape index (κ1) is 19.1. The van der Waals surface area contributed by atoms with Crippen molar-refractivity contribution < 1.29 is 22.7 Å². The lowest BCUT2D eigenvalue weighted by atomic mass is 10.1. The second-order valence-electron chi connectivity index (χ2n) is 7.16. The van der Waals surface area contributed by atoms with E-state index in [4.69, 9.17) is 0 Å². The fourth-order valence-electron chi connectivity index (χ4n) is 3.04. The van der Waals surface area contributed by atoms with E-state index >= 15 is 0 Å². The number of nitroso groups, excluding NO2 is 1. The summed E-state index contributed by atoms with van der Waals surface area (Å²) in [5.41, 5.74) is 2.02. The van der Waals surface area contributed by atoms with Crippen molar-refractivity contribution >= 4 is 17.4 Å². The standard InChI is InChI=1S/C18H17F3N6O2/c1-10-15(24-25-16(10)17(28)22-9-18(19,20)21)12-4-5-13-23-14(8-26(13)7-12)27(29)6-11-2-3-11/h4-5,7-8,11H,2-3,6,9H2,1H3,(H-,22,24,25,28)/p+1. The number of amides is 1. The van der Waals surface area contributed by atoms with Gasteiger partial charge in [0.25, 0.3) is 11.6 Å². The van der Waals surface area contributed by atoms with Crippen LogP contribution in [0.2, 0.25) is 0 Å². The molecule has 0 spiro atoms. The lowest BCUT2D eigenvalue weighted by molar-refractivity contribution is -0.470. The van der Waals surface area contributed by atoms with Crippen molar-refractivity contribution in [3.63, 3.8) is 0 Å². The second-order valence-corrected chi connectivity index (χ2v) is 7.16. The van der Waals surface area contributed by atoms with Crippen LogP contribution < -0.4 is 5.32 Å². The van der Waals surface area contributed by atoms with Gasteiger partial charge in [-0.05, 0) is 35.6 Å². The number of nitrogens with one attached hydrogen (secondary N) is 2. The first-order valence-electron chi connectivity index (χ1n) is 9.05. The lowest BCUT2D eigenvalue weighted by Crippen LogP contribution is -2.34. The maximum atomic E-state index is 12.3. The molecule has 4 rings (SSSR count). The Morgan fingerprint density at radius 3 is 2.79 bits per heavy atom. The van der Waals surface area contributed by atoms with E-state index in [-0.39, 0.29) is 5.69 Å². The van der Waals surface area contributed by atoms with Crippen LogP contribution in [0.15, 0.2) is 24.5 Å². The quantitative estimate of drug-likeness (QED) is 0.614. The molecule has 1 saturated carbocycles. The number of H-pyrrole nitrogens is 1. The molecule has 152 valence electrons. The van der Waals surface area contributed by atoms with E-state index in [1.165, 1.54) is 0 Å². The molecule has 3 aromatic rings. The fraction of sp³-hybridized carbons (Fsp3) is 0.389. The molecule has 8 nitrogen and oxygen atoms in total. The lowest BCUT2D eigenvalue weighted by Gasteiger charge is -2.07. The molecule has 1 aliphatic rings. The normalized spacial score (nSPS) is 14.3. The number of hydrogen-bond acceptors (Lipinski definition) is 4. The maximum absolute atomic E-state index is 12.3. The number of aromatic nitrogens is 4. The van der Waals surface area contributed by atoms with E-state index in [1.54, 1.807) is 35.9 Å². The van der Waals surface area contributed by atoms with Crippen LogP contribution in [0.25, 0.3) is 16.9 Å². The summed E-state index contributed by atoms with van der Waals surface area (Å²) in [6, 6.07) is 3.43. The molecule has 0 bridgehead atoms. The molecule has 0 radical (unpaired) electrons. The average molecular weight is 407 g/mol. The molecule has 0 aromatic carbocycles. The average Bonchev–Trinajstić information content (AvgIpc) is 3.23. The molecule has 1 amide bonds. The molecule has 3 heterocycles. The predicted molar refractivity (Wildman–Crippen MR) is 96.8 cm³/mol. The summed E-state index contributed by atoms with van der Waals surface area (Å²) in [6.45, 7) is 0.599. The van der Waals surface area contributed by atoms with Gasteiger partial charge in [-0.2, -0.15) is 18.3 Å². The minimum absolute atomic E-state index is 0.0363. The molecule has 3 aromatic heterocycles. The molecule has 2 N–H and O–H groups in total. The highest BCUT2D eigenvalue weighted by atomic mass is 19.4. The monoisotopic (exact) mass is 407 g/mol. The number of aromatic amines is 1. The number of carbonyl (C=O) groups is 1. The summed E-state index contributed by atoms with van der Waals surface area (Å²) in [6.07, 6.45) is 0.956. The predicted octanol–water partition coefficient (Wildman–Crippen LogP) is 3.15. The van der Waals surface area contributed by atoms with Gasteiger partial charge >= 0.3 is 12.0 Å². The summed E-state index contributed by atoms with van der Waals surface area (Å²) < 4.78 is 39.5. The van der Waals surface area contributed by atoms with Gasteiger partial charge in [-0.3, -0.25) is 14.3 Å². The van der Waals surface area contributed by atoms with Gasteiger partial charge in [0.2, 0.25) is 0 Å². The zero-order chi connectivity index (χ0) is 20.8. The van der Waals surface area contributed by atoms with Crippen molar-refractivity contribution in [2.75, 3.05) is 13.1 Å².